The quantitative estimate of drug-likeness (QED) is 0.245. The second kappa shape index (κ2) is 14.7. The molecule has 1 unspecified atom stereocenters. The molecule has 10 heteroatoms. The average Bonchev–Trinajstić information content (AvgIpc) is 2.99. The predicted octanol–water partition coefficient (Wildman–Crippen LogP) is 4.75. The second-order valence-electron chi connectivity index (χ2n) is 12.9. The fourth-order valence-corrected chi connectivity index (χ4v) is 5.37. The van der Waals surface area contributed by atoms with Crippen molar-refractivity contribution in [1.29, 1.82) is 0 Å². The van der Waals surface area contributed by atoms with Crippen LogP contribution in [0, 0.1) is 6.92 Å². The fourth-order valence-electron chi connectivity index (χ4n) is 5.37. The van der Waals surface area contributed by atoms with Crippen molar-refractivity contribution in [1.82, 2.24) is 9.38 Å². The van der Waals surface area contributed by atoms with Crippen LogP contribution in [0.25, 0.3) is 5.65 Å². The number of fused-ring (bicyclic) bond motifs is 1. The van der Waals surface area contributed by atoms with E-state index in [1.807, 2.05) is 25.3 Å². The van der Waals surface area contributed by atoms with E-state index in [0.29, 0.717) is 51.0 Å². The third-order valence-corrected chi connectivity index (χ3v) is 8.31. The molecule has 2 N–H and O–H groups in total. The van der Waals surface area contributed by atoms with Gasteiger partial charge in [-0.25, -0.2) is 4.98 Å². The van der Waals surface area contributed by atoms with Crippen molar-refractivity contribution >= 4 is 17.2 Å². The lowest BCUT2D eigenvalue weighted by atomic mass is 10.1. The molecule has 0 aliphatic carbocycles. The van der Waals surface area contributed by atoms with Crippen LogP contribution >= 0.6 is 0 Å². The Balaban J connectivity index is 1.37. The zero-order valence-electron chi connectivity index (χ0n) is 27.6. The monoisotopic (exact) mass is 609 g/mol. The molecular weight excluding hydrogens is 558 g/mol. The molecule has 2 aromatic heterocycles. The molecule has 1 aliphatic rings. The molecular formula is C34H51N5O5. The lowest BCUT2D eigenvalue weighted by Gasteiger charge is -2.30. The molecule has 1 atom stereocenters. The van der Waals surface area contributed by atoms with Crippen molar-refractivity contribution in [3.8, 4) is 5.75 Å². The molecule has 0 radical (unpaired) electrons. The van der Waals surface area contributed by atoms with E-state index in [-0.39, 0.29) is 22.8 Å². The third-order valence-electron chi connectivity index (χ3n) is 8.31. The summed E-state index contributed by atoms with van der Waals surface area (Å²) in [4.78, 5) is 22.4. The molecule has 1 aliphatic heterocycles. The van der Waals surface area contributed by atoms with E-state index in [1.165, 1.54) is 0 Å². The summed E-state index contributed by atoms with van der Waals surface area (Å²) in [5, 5.41) is 0. The van der Waals surface area contributed by atoms with Gasteiger partial charge >= 0.3 is 0 Å². The molecule has 3 heterocycles. The number of morpholine rings is 1. The van der Waals surface area contributed by atoms with Crippen LogP contribution in [-0.4, -0.2) is 80.3 Å². The summed E-state index contributed by atoms with van der Waals surface area (Å²) in [5.74, 6) is 1.51. The van der Waals surface area contributed by atoms with Gasteiger partial charge in [-0.05, 0) is 90.4 Å². The normalized spacial score (nSPS) is 15.0. The van der Waals surface area contributed by atoms with Crippen LogP contribution in [0.1, 0.15) is 64.6 Å². The number of hydrogen-bond acceptors (Lipinski definition) is 9. The summed E-state index contributed by atoms with van der Waals surface area (Å²) in [7, 11) is 2.06. The number of nitrogens with zero attached hydrogens (tertiary/aromatic N) is 4. The first kappa shape index (κ1) is 33.7. The molecule has 10 nitrogen and oxygen atoms in total. The van der Waals surface area contributed by atoms with Gasteiger partial charge in [-0.15, -0.1) is 0 Å². The summed E-state index contributed by atoms with van der Waals surface area (Å²) < 4.78 is 25.2. The SMILES string of the molecule is Cc1cc(C(C)N(C)c2ccc(OCCC(C)(C)OCCOC(C)(C)CCN)cc2)c2nc(N3CCOCC3)cc(=O)n2c1. The highest BCUT2D eigenvalue weighted by molar-refractivity contribution is 5.59. The first-order chi connectivity index (χ1) is 20.9. The number of hydrogen-bond donors (Lipinski definition) is 1. The standard InChI is InChI=1S/C34H51N5O5/c1-25-22-29(32-36-30(23-31(40)39(32)24-25)38-15-18-41-19-16-38)26(2)37(7)27-8-10-28(11-9-27)42-17-13-34(5,6)44-21-20-43-33(3,4)12-14-35/h8-11,22-24,26H,12-21,35H2,1-7H3. The van der Waals surface area contributed by atoms with E-state index in [2.05, 4.69) is 69.7 Å². The van der Waals surface area contributed by atoms with Gasteiger partial charge in [-0.3, -0.25) is 9.20 Å². The summed E-state index contributed by atoms with van der Waals surface area (Å²) in [5.41, 5.74) is 8.74. The first-order valence-corrected chi connectivity index (χ1v) is 15.7. The molecule has 3 aromatic rings. The first-order valence-electron chi connectivity index (χ1n) is 15.7. The van der Waals surface area contributed by atoms with Crippen LogP contribution in [0.3, 0.4) is 0 Å². The number of ether oxygens (including phenoxy) is 4. The van der Waals surface area contributed by atoms with Gasteiger partial charge in [0.25, 0.3) is 5.56 Å². The number of anilines is 2. The molecule has 1 fully saturated rings. The summed E-state index contributed by atoms with van der Waals surface area (Å²) >= 11 is 0. The fraction of sp³-hybridized carbons (Fsp3) is 0.588. The minimum absolute atomic E-state index is 0.0358. The van der Waals surface area contributed by atoms with Gasteiger partial charge in [0.2, 0.25) is 0 Å². The number of benzene rings is 1. The Hall–Kier alpha value is -3.18. The highest BCUT2D eigenvalue weighted by Gasteiger charge is 2.22. The smallest absolute Gasteiger partial charge is 0.259 e. The highest BCUT2D eigenvalue weighted by Crippen LogP contribution is 2.30. The zero-order valence-corrected chi connectivity index (χ0v) is 27.6. The van der Waals surface area contributed by atoms with Crippen molar-refractivity contribution in [2.75, 3.05) is 69.5 Å². The summed E-state index contributed by atoms with van der Waals surface area (Å²) in [6, 6.07) is 11.8. The molecule has 1 aromatic carbocycles. The molecule has 0 bridgehead atoms. The Labute approximate surface area is 262 Å². The number of aryl methyl sites for hydroxylation is 1. The van der Waals surface area contributed by atoms with Crippen LogP contribution < -0.4 is 25.8 Å². The highest BCUT2D eigenvalue weighted by atomic mass is 16.5. The van der Waals surface area contributed by atoms with E-state index in [0.717, 1.165) is 48.5 Å². The summed E-state index contributed by atoms with van der Waals surface area (Å²) in [6.45, 7) is 17.3. The molecule has 1 saturated heterocycles. The van der Waals surface area contributed by atoms with E-state index in [4.69, 9.17) is 29.7 Å². The average molecular weight is 610 g/mol. The van der Waals surface area contributed by atoms with E-state index >= 15 is 0 Å². The van der Waals surface area contributed by atoms with Gasteiger partial charge in [0, 0.05) is 50.1 Å². The Morgan fingerprint density at radius 1 is 1.00 bits per heavy atom. The van der Waals surface area contributed by atoms with Gasteiger partial charge in [0.1, 0.15) is 17.2 Å². The van der Waals surface area contributed by atoms with Crippen LogP contribution in [0.15, 0.2) is 47.4 Å². The lowest BCUT2D eigenvalue weighted by molar-refractivity contribution is -0.0902. The minimum Gasteiger partial charge on any atom is -0.493 e. The van der Waals surface area contributed by atoms with Crippen molar-refractivity contribution < 1.29 is 18.9 Å². The Bertz CT molecular complexity index is 1420. The zero-order chi connectivity index (χ0) is 31.9. The largest absolute Gasteiger partial charge is 0.493 e. The van der Waals surface area contributed by atoms with Crippen molar-refractivity contribution in [2.45, 2.75) is 71.6 Å². The Kier molecular flexibility index (Phi) is 11.3. The predicted molar refractivity (Wildman–Crippen MR) is 176 cm³/mol. The molecule has 0 spiro atoms. The maximum atomic E-state index is 13.1. The second-order valence-corrected chi connectivity index (χ2v) is 12.9. The number of aromatic nitrogens is 2. The summed E-state index contributed by atoms with van der Waals surface area (Å²) in [6.07, 6.45) is 3.42. The van der Waals surface area contributed by atoms with Gasteiger partial charge in [-0.1, -0.05) is 0 Å². The number of rotatable bonds is 15. The lowest BCUT2D eigenvalue weighted by Crippen LogP contribution is -2.37. The van der Waals surface area contributed by atoms with Gasteiger partial charge < -0.3 is 34.5 Å². The van der Waals surface area contributed by atoms with Crippen molar-refractivity contribution in [2.24, 2.45) is 5.73 Å². The van der Waals surface area contributed by atoms with Gasteiger partial charge in [0.15, 0.2) is 0 Å². The third kappa shape index (κ3) is 8.94. The molecule has 4 rings (SSSR count). The van der Waals surface area contributed by atoms with Crippen LogP contribution in [-0.2, 0) is 14.2 Å². The van der Waals surface area contributed by atoms with Crippen LogP contribution in [0.5, 0.6) is 5.75 Å². The van der Waals surface area contributed by atoms with Crippen molar-refractivity contribution in [3.05, 3.63) is 64.1 Å². The van der Waals surface area contributed by atoms with E-state index in [1.54, 1.807) is 10.5 Å². The number of nitrogens with two attached hydrogens (primary N) is 1. The topological polar surface area (TPSA) is 104 Å². The van der Waals surface area contributed by atoms with Crippen molar-refractivity contribution in [3.63, 3.8) is 0 Å². The molecule has 0 saturated carbocycles. The maximum Gasteiger partial charge on any atom is 0.259 e. The molecule has 242 valence electrons. The van der Waals surface area contributed by atoms with Crippen LogP contribution in [0.4, 0.5) is 11.5 Å². The van der Waals surface area contributed by atoms with E-state index < -0.39 is 0 Å². The van der Waals surface area contributed by atoms with E-state index in [9.17, 15) is 4.79 Å². The Morgan fingerprint density at radius 2 is 1.64 bits per heavy atom. The number of pyridine rings is 1. The van der Waals surface area contributed by atoms with Gasteiger partial charge in [0.05, 0.1) is 50.3 Å². The molecule has 44 heavy (non-hydrogen) atoms. The Morgan fingerprint density at radius 3 is 2.27 bits per heavy atom. The van der Waals surface area contributed by atoms with Gasteiger partial charge in [-0.2, -0.15) is 0 Å². The minimum atomic E-state index is -0.328. The molecule has 0 amide bonds. The van der Waals surface area contributed by atoms with Crippen LogP contribution in [0.2, 0.25) is 0 Å². The maximum absolute atomic E-state index is 13.1.